The Morgan fingerprint density at radius 1 is 0.849 bits per heavy atom. The first kappa shape index (κ1) is 41.9. The molecule has 5 atom stereocenters. The van der Waals surface area contributed by atoms with Gasteiger partial charge in [-0.15, -0.1) is 0 Å². The van der Waals surface area contributed by atoms with Crippen LogP contribution in [0, 0.1) is 34.5 Å². The van der Waals surface area contributed by atoms with E-state index in [1.807, 2.05) is 6.92 Å². The van der Waals surface area contributed by atoms with E-state index in [-0.39, 0.29) is 59.2 Å². The van der Waals surface area contributed by atoms with Gasteiger partial charge < -0.3 is 15.5 Å². The van der Waals surface area contributed by atoms with Gasteiger partial charge in [0, 0.05) is 25.3 Å². The molecule has 0 aromatic heterocycles. The molecule has 4 aliphatic carbocycles. The van der Waals surface area contributed by atoms with Crippen molar-refractivity contribution in [3.8, 4) is 0 Å². The number of ketones is 3. The molecular weight excluding hydrogens is 691 g/mol. The number of urea groups is 1. The lowest BCUT2D eigenvalue weighted by molar-refractivity contribution is -0.144. The van der Waals surface area contributed by atoms with Gasteiger partial charge in [0.15, 0.2) is 21.4 Å². The Kier molecular flexibility index (Phi) is 12.7. The van der Waals surface area contributed by atoms with E-state index < -0.39 is 55.4 Å². The third-order valence-electron chi connectivity index (χ3n) is 14.1. The van der Waals surface area contributed by atoms with E-state index in [0.717, 1.165) is 77.0 Å². The summed E-state index contributed by atoms with van der Waals surface area (Å²) in [6.07, 6.45) is 13.1. The van der Waals surface area contributed by atoms with Gasteiger partial charge in [0.2, 0.25) is 11.7 Å². The lowest BCUT2D eigenvalue weighted by atomic mass is 9.70. The molecule has 1 saturated heterocycles. The Bertz CT molecular complexity index is 1500. The monoisotopic (exact) mass is 759 g/mol. The van der Waals surface area contributed by atoms with E-state index in [1.165, 1.54) is 0 Å². The summed E-state index contributed by atoms with van der Waals surface area (Å²) >= 11 is 0. The Labute approximate surface area is 319 Å². The smallest absolute Gasteiger partial charge is 0.315 e. The van der Waals surface area contributed by atoms with Crippen LogP contribution in [-0.4, -0.2) is 77.3 Å². The number of Topliss-reactive ketones (excluding diaryl/α,β-unsaturated/α-hetero) is 3. The molecule has 5 rings (SSSR count). The van der Waals surface area contributed by atoms with E-state index in [0.29, 0.717) is 32.2 Å². The largest absolute Gasteiger partial charge is 0.332 e. The molecule has 10 nitrogen and oxygen atoms in total. The number of likely N-dealkylation sites (tertiary alicyclic amines) is 1. The molecule has 0 bridgehead atoms. The van der Waals surface area contributed by atoms with Crippen molar-refractivity contribution < 1.29 is 32.4 Å². The second kappa shape index (κ2) is 16.0. The quantitative estimate of drug-likeness (QED) is 0.169. The van der Waals surface area contributed by atoms with E-state index in [4.69, 9.17) is 0 Å². The number of carbonyl (C=O) groups excluding carboxylic acids is 5. The maximum atomic E-state index is 15.2. The van der Waals surface area contributed by atoms with Crippen molar-refractivity contribution in [1.29, 1.82) is 0 Å². The summed E-state index contributed by atoms with van der Waals surface area (Å²) in [7, 11) is -3.56. The molecule has 4 saturated carbocycles. The summed E-state index contributed by atoms with van der Waals surface area (Å²) in [4.78, 5) is 72.0. The average Bonchev–Trinajstić information content (AvgIpc) is 3.72. The number of sulfone groups is 1. The zero-order valence-corrected chi connectivity index (χ0v) is 34.6. The second-order valence-corrected chi connectivity index (χ2v) is 22.5. The number of fused-ring (bicyclic) bond motifs is 1. The molecule has 5 fully saturated rings. The molecule has 0 radical (unpaired) electrons. The summed E-state index contributed by atoms with van der Waals surface area (Å²) in [5, 5.41) is 6.24. The fourth-order valence-corrected chi connectivity index (χ4v) is 11.8. The van der Waals surface area contributed by atoms with Crippen molar-refractivity contribution in [2.45, 2.75) is 186 Å². The van der Waals surface area contributed by atoms with E-state index >= 15 is 4.79 Å². The predicted molar refractivity (Wildman–Crippen MR) is 207 cm³/mol. The molecule has 0 aromatic carbocycles. The highest BCUT2D eigenvalue weighted by atomic mass is 32.2. The molecular formula is C42H69N3O7S. The molecule has 1 aliphatic heterocycles. The summed E-state index contributed by atoms with van der Waals surface area (Å²) in [6, 6.07) is -2.17. The van der Waals surface area contributed by atoms with Gasteiger partial charge in [-0.3, -0.25) is 19.2 Å². The van der Waals surface area contributed by atoms with Crippen LogP contribution in [0.5, 0.6) is 0 Å². The molecule has 1 unspecified atom stereocenters. The summed E-state index contributed by atoms with van der Waals surface area (Å²) in [5.41, 5.74) is -1.57. The molecule has 53 heavy (non-hydrogen) atoms. The van der Waals surface area contributed by atoms with Gasteiger partial charge in [-0.1, -0.05) is 72.6 Å². The average molecular weight is 760 g/mol. The van der Waals surface area contributed by atoms with Crippen LogP contribution in [0.2, 0.25) is 0 Å². The summed E-state index contributed by atoms with van der Waals surface area (Å²) in [6.45, 7) is 13.9. The van der Waals surface area contributed by atoms with Crippen LogP contribution in [0.1, 0.15) is 164 Å². The van der Waals surface area contributed by atoms with Gasteiger partial charge in [-0.05, 0) is 107 Å². The van der Waals surface area contributed by atoms with Crippen molar-refractivity contribution in [1.82, 2.24) is 15.5 Å². The third kappa shape index (κ3) is 9.40. The number of carbonyl (C=O) groups is 5. The zero-order chi connectivity index (χ0) is 39.0. The lowest BCUT2D eigenvalue weighted by Gasteiger charge is -2.44. The minimum absolute atomic E-state index is 0.0530. The van der Waals surface area contributed by atoms with E-state index in [2.05, 4.69) is 31.4 Å². The first-order valence-corrected chi connectivity index (χ1v) is 22.6. The first-order valence-electron chi connectivity index (χ1n) is 20.9. The minimum Gasteiger partial charge on any atom is -0.332 e. The SMILES string of the molecule is CCCC(CC(=O)[C@@H]1[C@H]2CCC(C)(C)[C@H]2CN1C(=O)[C@@H](NC(=O)NC1(CS(=O)(=O)C(C)(C)C)CCCCC1)C1(C)CCCCC1)C(=O)C(=O)CC1CC1. The number of amides is 3. The highest BCUT2D eigenvalue weighted by Gasteiger charge is 2.58. The maximum absolute atomic E-state index is 15.2. The summed E-state index contributed by atoms with van der Waals surface area (Å²) < 4.78 is 26.0. The van der Waals surface area contributed by atoms with E-state index in [1.54, 1.807) is 25.7 Å². The van der Waals surface area contributed by atoms with Crippen molar-refractivity contribution in [2.75, 3.05) is 12.3 Å². The highest BCUT2D eigenvalue weighted by molar-refractivity contribution is 7.92. The van der Waals surface area contributed by atoms with Gasteiger partial charge >= 0.3 is 6.03 Å². The van der Waals surface area contributed by atoms with Gasteiger partial charge in [0.05, 0.1) is 22.1 Å². The number of hydrogen-bond acceptors (Lipinski definition) is 7. The maximum Gasteiger partial charge on any atom is 0.315 e. The molecule has 1 heterocycles. The Morgan fingerprint density at radius 2 is 1.45 bits per heavy atom. The van der Waals surface area contributed by atoms with Crippen LogP contribution < -0.4 is 10.6 Å². The van der Waals surface area contributed by atoms with Crippen LogP contribution in [0.4, 0.5) is 4.79 Å². The predicted octanol–water partition coefficient (Wildman–Crippen LogP) is 7.12. The van der Waals surface area contributed by atoms with Crippen molar-refractivity contribution in [2.24, 2.45) is 34.5 Å². The number of rotatable bonds is 15. The Balaban J connectivity index is 1.43. The van der Waals surface area contributed by atoms with Crippen molar-refractivity contribution >= 4 is 39.1 Å². The topological polar surface area (TPSA) is 147 Å². The number of nitrogens with zero attached hydrogens (tertiary/aromatic N) is 1. The summed E-state index contributed by atoms with van der Waals surface area (Å²) in [5.74, 6) is -1.75. The number of nitrogens with one attached hydrogen (secondary N) is 2. The molecule has 0 spiro atoms. The lowest BCUT2D eigenvalue weighted by Crippen LogP contribution is -2.64. The van der Waals surface area contributed by atoms with Gasteiger partial charge in [0.1, 0.15) is 6.04 Å². The van der Waals surface area contributed by atoms with Gasteiger partial charge in [-0.2, -0.15) is 0 Å². The normalized spacial score (nSPS) is 27.7. The molecule has 2 N–H and O–H groups in total. The fraction of sp³-hybridized carbons (Fsp3) is 0.881. The Hall–Kier alpha value is -2.30. The molecule has 3 amide bonds. The van der Waals surface area contributed by atoms with Crippen LogP contribution >= 0.6 is 0 Å². The highest BCUT2D eigenvalue weighted by Crippen LogP contribution is 2.54. The van der Waals surface area contributed by atoms with Crippen LogP contribution in [0.25, 0.3) is 0 Å². The minimum atomic E-state index is -3.56. The van der Waals surface area contributed by atoms with Crippen molar-refractivity contribution in [3.63, 3.8) is 0 Å². The third-order valence-corrected chi connectivity index (χ3v) is 16.9. The van der Waals surface area contributed by atoms with Gasteiger partial charge in [0.25, 0.3) is 0 Å². The second-order valence-electron chi connectivity index (χ2n) is 19.8. The van der Waals surface area contributed by atoms with Crippen LogP contribution in [0.15, 0.2) is 0 Å². The Morgan fingerprint density at radius 3 is 2.02 bits per heavy atom. The van der Waals surface area contributed by atoms with E-state index in [9.17, 15) is 27.6 Å². The molecule has 300 valence electrons. The number of hydrogen-bond donors (Lipinski definition) is 2. The molecule has 0 aromatic rings. The fourth-order valence-electron chi connectivity index (χ4n) is 10.3. The first-order chi connectivity index (χ1) is 24.7. The van der Waals surface area contributed by atoms with Crippen LogP contribution in [-0.2, 0) is 29.0 Å². The van der Waals surface area contributed by atoms with Gasteiger partial charge in [-0.25, -0.2) is 13.2 Å². The van der Waals surface area contributed by atoms with Crippen LogP contribution in [0.3, 0.4) is 0 Å². The molecule has 11 heteroatoms. The van der Waals surface area contributed by atoms with Crippen molar-refractivity contribution in [3.05, 3.63) is 0 Å². The zero-order valence-electron chi connectivity index (χ0n) is 33.8. The molecule has 5 aliphatic rings. The standard InChI is InChI=1S/C42H69N3O7S/c1-8-15-29(35(48)33(47)24-28-16-17-28)25-32(46)34-30-18-23-40(5,6)31(30)26-45(34)37(49)36(41(7)19-11-9-12-20-41)43-38(50)44-42(21-13-10-14-22-42)27-53(51,52)39(2,3)4/h28-31,34,36H,8-27H2,1-7H3,(H2,43,44,50)/t29?,30-,31-,34-,36+/m0/s1.